The zero-order valence-electron chi connectivity index (χ0n) is 12.1. The fourth-order valence-electron chi connectivity index (χ4n) is 1.78. The van der Waals surface area contributed by atoms with Crippen LogP contribution in [0.5, 0.6) is 0 Å². The third kappa shape index (κ3) is 42.8. The van der Waals surface area contributed by atoms with Crippen LogP contribution in [0.3, 0.4) is 0 Å². The molecule has 0 radical (unpaired) electrons. The van der Waals surface area contributed by atoms with Crippen LogP contribution in [0.25, 0.3) is 0 Å². The summed E-state index contributed by atoms with van der Waals surface area (Å²) in [6.45, 7) is 2.64. The van der Waals surface area contributed by atoms with Crippen LogP contribution in [0.2, 0.25) is 0 Å². The van der Waals surface area contributed by atoms with E-state index in [0.717, 1.165) is 6.42 Å². The average Bonchev–Trinajstić information content (AvgIpc) is 2.29. The van der Waals surface area contributed by atoms with Crippen LogP contribution < -0.4 is 0 Å². The van der Waals surface area contributed by atoms with Crippen molar-refractivity contribution in [2.75, 3.05) is 6.61 Å². The number of unbranched alkanes of at least 4 members (excludes halogenated alkanes) is 10. The molecule has 0 aromatic heterocycles. The van der Waals surface area contributed by atoms with Crippen LogP contribution in [0, 0.1) is 0 Å². The van der Waals surface area contributed by atoms with Crippen molar-refractivity contribution in [2.24, 2.45) is 0 Å². The van der Waals surface area contributed by atoms with Crippen LogP contribution in [0.1, 0.15) is 77.6 Å². The fraction of sp³-hybridized carbons (Fsp3) is 1.00. The van der Waals surface area contributed by atoms with Crippen molar-refractivity contribution < 1.29 is 22.6 Å². The molecule has 0 heterocycles. The molecule has 0 rings (SSSR count). The van der Waals surface area contributed by atoms with E-state index in [0.29, 0.717) is 6.61 Å². The summed E-state index contributed by atoms with van der Waals surface area (Å²) in [6.07, 6.45) is 14.8. The Balaban J connectivity index is -0.000000414. The van der Waals surface area contributed by atoms with E-state index in [4.69, 9.17) is 22.6 Å². The Labute approximate surface area is 146 Å². The van der Waals surface area contributed by atoms with Gasteiger partial charge >= 0.3 is 40.0 Å². The SMILES string of the molecule is CCCCCCCCCCCCCO.O=S(=O)(O)O.[NaH]. The molecule has 0 aromatic rings. The van der Waals surface area contributed by atoms with Crippen molar-refractivity contribution in [3.05, 3.63) is 0 Å². The van der Waals surface area contributed by atoms with Gasteiger partial charge in [-0.05, 0) is 6.42 Å². The third-order valence-corrected chi connectivity index (χ3v) is 2.76. The van der Waals surface area contributed by atoms with Crippen molar-refractivity contribution in [1.82, 2.24) is 0 Å². The molecule has 0 aliphatic heterocycles. The number of rotatable bonds is 11. The molecule has 0 fully saturated rings. The molecular weight excluding hydrogens is 291 g/mol. The first-order chi connectivity index (χ1) is 8.91. The predicted molar refractivity (Wildman–Crippen MR) is 84.9 cm³/mol. The second-order valence-electron chi connectivity index (χ2n) is 4.71. The predicted octanol–water partition coefficient (Wildman–Crippen LogP) is 2.99. The van der Waals surface area contributed by atoms with E-state index >= 15 is 0 Å². The quantitative estimate of drug-likeness (QED) is 0.309. The van der Waals surface area contributed by atoms with Gasteiger partial charge in [0.1, 0.15) is 0 Å². The summed E-state index contributed by atoms with van der Waals surface area (Å²) in [5.41, 5.74) is 0. The van der Waals surface area contributed by atoms with Crippen LogP contribution >= 0.6 is 0 Å². The van der Waals surface area contributed by atoms with Crippen molar-refractivity contribution in [1.29, 1.82) is 0 Å². The summed E-state index contributed by atoms with van der Waals surface area (Å²) in [7, 11) is -4.67. The van der Waals surface area contributed by atoms with E-state index in [2.05, 4.69) is 6.92 Å². The Morgan fingerprint density at radius 2 is 0.950 bits per heavy atom. The van der Waals surface area contributed by atoms with E-state index < -0.39 is 10.4 Å². The van der Waals surface area contributed by atoms with Gasteiger partial charge < -0.3 is 5.11 Å². The summed E-state index contributed by atoms with van der Waals surface area (Å²) in [6, 6.07) is 0. The molecule has 0 aliphatic rings. The van der Waals surface area contributed by atoms with Gasteiger partial charge in [0.05, 0.1) is 0 Å². The Bertz CT molecular complexity index is 237. The van der Waals surface area contributed by atoms with Gasteiger partial charge in [0.25, 0.3) is 0 Å². The molecule has 3 N–H and O–H groups in total. The Morgan fingerprint density at radius 3 is 1.20 bits per heavy atom. The Hall–Kier alpha value is 0.830. The van der Waals surface area contributed by atoms with Crippen molar-refractivity contribution in [3.8, 4) is 0 Å². The van der Waals surface area contributed by atoms with Gasteiger partial charge in [0.15, 0.2) is 0 Å². The molecule has 20 heavy (non-hydrogen) atoms. The summed E-state index contributed by atoms with van der Waals surface area (Å²) in [4.78, 5) is 0. The van der Waals surface area contributed by atoms with Crippen molar-refractivity contribution in [3.63, 3.8) is 0 Å². The molecule has 0 amide bonds. The van der Waals surface area contributed by atoms with Gasteiger partial charge in [-0.15, -0.1) is 0 Å². The fourth-order valence-corrected chi connectivity index (χ4v) is 1.78. The second-order valence-corrected chi connectivity index (χ2v) is 5.60. The maximum atomic E-state index is 8.74. The number of hydrogen-bond donors (Lipinski definition) is 3. The van der Waals surface area contributed by atoms with E-state index in [1.165, 1.54) is 64.2 Å². The van der Waals surface area contributed by atoms with E-state index in [9.17, 15) is 0 Å². The number of aliphatic hydroxyl groups is 1. The molecule has 5 nitrogen and oxygen atoms in total. The molecule has 0 aliphatic carbocycles. The van der Waals surface area contributed by atoms with Crippen LogP contribution in [0.4, 0.5) is 0 Å². The number of hydrogen-bond acceptors (Lipinski definition) is 3. The summed E-state index contributed by atoms with van der Waals surface area (Å²) >= 11 is 0. The van der Waals surface area contributed by atoms with Crippen LogP contribution in [0.15, 0.2) is 0 Å². The molecule has 0 atom stereocenters. The molecule has 7 heteroatoms. The van der Waals surface area contributed by atoms with E-state index in [1.54, 1.807) is 0 Å². The summed E-state index contributed by atoms with van der Waals surface area (Å²) in [5, 5.41) is 8.59. The standard InChI is InChI=1S/C13H28O.Na.H2O4S.H/c1-2-3-4-5-6-7-8-9-10-11-12-13-14;;1-5(2,3)4;/h14H,2-13H2,1H3;;(H2,1,2,3,4);. The van der Waals surface area contributed by atoms with Gasteiger partial charge in [0, 0.05) is 6.61 Å². The molecule has 0 aromatic carbocycles. The third-order valence-electron chi connectivity index (χ3n) is 2.76. The first kappa shape index (κ1) is 25.8. The number of aliphatic hydroxyl groups excluding tert-OH is 1. The first-order valence-electron chi connectivity index (χ1n) is 7.22. The van der Waals surface area contributed by atoms with Crippen molar-refractivity contribution >= 4 is 40.0 Å². The first-order valence-corrected chi connectivity index (χ1v) is 8.62. The molecule has 0 spiro atoms. The molecular formula is C13H31NaO5S. The average molecular weight is 322 g/mol. The van der Waals surface area contributed by atoms with Gasteiger partial charge in [-0.1, -0.05) is 71.1 Å². The molecule has 0 saturated carbocycles. The van der Waals surface area contributed by atoms with Crippen LogP contribution in [-0.4, -0.2) is 58.8 Å². The van der Waals surface area contributed by atoms with Gasteiger partial charge in [-0.3, -0.25) is 9.11 Å². The molecule has 0 saturated heterocycles. The van der Waals surface area contributed by atoms with Gasteiger partial charge in [-0.25, -0.2) is 0 Å². The Morgan fingerprint density at radius 1 is 0.700 bits per heavy atom. The normalized spacial score (nSPS) is 10.4. The molecule has 0 bridgehead atoms. The maximum absolute atomic E-state index is 8.74. The topological polar surface area (TPSA) is 94.8 Å². The summed E-state index contributed by atoms with van der Waals surface area (Å²) in [5.74, 6) is 0. The zero-order valence-corrected chi connectivity index (χ0v) is 12.9. The molecule has 0 unspecified atom stereocenters. The van der Waals surface area contributed by atoms with Crippen molar-refractivity contribution in [2.45, 2.75) is 77.6 Å². The second kappa shape index (κ2) is 19.8. The van der Waals surface area contributed by atoms with Gasteiger partial charge in [0.2, 0.25) is 0 Å². The minimum atomic E-state index is -4.67. The van der Waals surface area contributed by atoms with E-state index in [-0.39, 0.29) is 29.6 Å². The van der Waals surface area contributed by atoms with Gasteiger partial charge in [-0.2, -0.15) is 8.42 Å². The Kier molecular flexibility index (Phi) is 25.5. The monoisotopic (exact) mass is 322 g/mol. The zero-order chi connectivity index (χ0) is 15.0. The minimum absolute atomic E-state index is 0. The summed E-state index contributed by atoms with van der Waals surface area (Å²) < 4.78 is 31.6. The molecule has 120 valence electrons. The van der Waals surface area contributed by atoms with E-state index in [1.807, 2.05) is 0 Å². The van der Waals surface area contributed by atoms with Crippen LogP contribution in [-0.2, 0) is 10.4 Å².